The molecule has 2 aliphatic rings. The highest BCUT2D eigenvalue weighted by Crippen LogP contribution is 2.35. The molecule has 0 radical (unpaired) electrons. The van der Waals surface area contributed by atoms with Crippen molar-refractivity contribution in [3.05, 3.63) is 48.7 Å². The lowest BCUT2D eigenvalue weighted by atomic mass is 9.91. The maximum Gasteiger partial charge on any atom is 0.0703 e. The number of likely N-dealkylation sites (N-methyl/N-ethyl adjacent to an activating group) is 1. The van der Waals surface area contributed by atoms with Crippen LogP contribution in [-0.4, -0.2) is 42.6 Å². The summed E-state index contributed by atoms with van der Waals surface area (Å²) < 4.78 is 0. The average molecular weight is 265 g/mol. The fourth-order valence-electron chi connectivity index (χ4n) is 3.48. The first-order chi connectivity index (χ1) is 9.81. The van der Waals surface area contributed by atoms with Gasteiger partial charge in [-0.1, -0.05) is 30.3 Å². The number of benzene rings is 1. The van der Waals surface area contributed by atoms with Crippen LogP contribution >= 0.6 is 0 Å². The van der Waals surface area contributed by atoms with Crippen molar-refractivity contribution < 1.29 is 0 Å². The van der Waals surface area contributed by atoms with Gasteiger partial charge in [0.05, 0.1) is 17.6 Å². The molecule has 3 heterocycles. The number of anilines is 1. The minimum absolute atomic E-state index is 0.698. The Morgan fingerprint density at radius 1 is 1.00 bits per heavy atom. The van der Waals surface area contributed by atoms with Gasteiger partial charge in [0.25, 0.3) is 0 Å². The number of likely N-dealkylation sites (tertiary alicyclic amines) is 1. The number of fused-ring (bicyclic) bond motifs is 1. The number of hydrogen-bond donors (Lipinski definition) is 0. The van der Waals surface area contributed by atoms with E-state index in [2.05, 4.69) is 58.2 Å². The van der Waals surface area contributed by atoms with Crippen molar-refractivity contribution in [1.29, 1.82) is 0 Å². The third-order valence-electron chi connectivity index (χ3n) is 4.57. The van der Waals surface area contributed by atoms with E-state index >= 15 is 0 Å². The lowest BCUT2D eigenvalue weighted by Crippen LogP contribution is -2.55. The monoisotopic (exact) mass is 265 g/mol. The van der Waals surface area contributed by atoms with Crippen molar-refractivity contribution >= 4 is 5.69 Å². The molecule has 2 aliphatic heterocycles. The Labute approximate surface area is 119 Å². The Balaban J connectivity index is 1.54. The summed E-state index contributed by atoms with van der Waals surface area (Å²) >= 11 is 0. The van der Waals surface area contributed by atoms with Crippen molar-refractivity contribution in [3.8, 4) is 11.3 Å². The summed E-state index contributed by atoms with van der Waals surface area (Å²) in [4.78, 5) is 9.56. The number of hydrogen-bond acceptors (Lipinski definition) is 3. The van der Waals surface area contributed by atoms with Crippen LogP contribution in [0.2, 0.25) is 0 Å². The van der Waals surface area contributed by atoms with Crippen LogP contribution in [0.5, 0.6) is 0 Å². The largest absolute Gasteiger partial charge is 0.365 e. The summed E-state index contributed by atoms with van der Waals surface area (Å²) in [7, 11) is 2.22. The van der Waals surface area contributed by atoms with E-state index in [-0.39, 0.29) is 0 Å². The van der Waals surface area contributed by atoms with Gasteiger partial charge in [0.2, 0.25) is 0 Å². The van der Waals surface area contributed by atoms with E-state index in [1.807, 2.05) is 12.3 Å². The normalized spacial score (nSPS) is 25.4. The first-order valence-corrected chi connectivity index (χ1v) is 7.28. The molecule has 0 spiro atoms. The molecule has 0 bridgehead atoms. The van der Waals surface area contributed by atoms with Crippen LogP contribution < -0.4 is 4.90 Å². The van der Waals surface area contributed by atoms with Crippen molar-refractivity contribution in [3.63, 3.8) is 0 Å². The van der Waals surface area contributed by atoms with E-state index in [4.69, 9.17) is 0 Å². The van der Waals surface area contributed by atoms with Crippen LogP contribution in [0.15, 0.2) is 48.7 Å². The molecule has 2 atom stereocenters. The van der Waals surface area contributed by atoms with Gasteiger partial charge in [-0.2, -0.15) is 0 Å². The third kappa shape index (κ3) is 1.90. The molecular formula is C17H19N3. The van der Waals surface area contributed by atoms with Gasteiger partial charge in [0, 0.05) is 37.2 Å². The fraction of sp³-hybridized carbons (Fsp3) is 0.353. The second-order valence-corrected chi connectivity index (χ2v) is 5.97. The predicted molar refractivity (Wildman–Crippen MR) is 81.8 cm³/mol. The fourth-order valence-corrected chi connectivity index (χ4v) is 3.48. The van der Waals surface area contributed by atoms with Crippen LogP contribution in [0.1, 0.15) is 0 Å². The van der Waals surface area contributed by atoms with Gasteiger partial charge in [-0.3, -0.25) is 4.98 Å². The lowest BCUT2D eigenvalue weighted by Gasteiger charge is -2.45. The molecule has 20 heavy (non-hydrogen) atoms. The van der Waals surface area contributed by atoms with Gasteiger partial charge in [-0.05, 0) is 19.2 Å². The minimum Gasteiger partial charge on any atom is -0.365 e. The molecule has 4 rings (SSSR count). The molecule has 0 saturated carbocycles. The van der Waals surface area contributed by atoms with Crippen LogP contribution in [0.3, 0.4) is 0 Å². The molecule has 0 amide bonds. The molecule has 2 aromatic rings. The standard InChI is InChI=1S/C17H19N3/c1-19-10-14-11-20(17(14)12-19)15-7-8-16(18-9-15)13-5-3-2-4-6-13/h2-9,14,17H,10-12H2,1H3. The SMILES string of the molecule is CN1CC2CN(c3ccc(-c4ccccc4)nc3)C2C1. The molecule has 2 saturated heterocycles. The second kappa shape index (κ2) is 4.60. The van der Waals surface area contributed by atoms with Gasteiger partial charge < -0.3 is 9.80 Å². The number of pyridine rings is 1. The summed E-state index contributed by atoms with van der Waals surface area (Å²) in [5.74, 6) is 0.855. The van der Waals surface area contributed by atoms with E-state index < -0.39 is 0 Å². The summed E-state index contributed by atoms with van der Waals surface area (Å²) in [6.45, 7) is 3.61. The average Bonchev–Trinajstić information content (AvgIpc) is 2.77. The molecule has 1 aromatic heterocycles. The summed E-state index contributed by atoms with van der Waals surface area (Å²) in [6.07, 6.45) is 2.02. The third-order valence-corrected chi connectivity index (χ3v) is 4.57. The topological polar surface area (TPSA) is 19.4 Å². The Morgan fingerprint density at radius 2 is 1.85 bits per heavy atom. The molecule has 2 unspecified atom stereocenters. The smallest absolute Gasteiger partial charge is 0.0703 e. The summed E-state index contributed by atoms with van der Waals surface area (Å²) in [6, 6.07) is 15.4. The van der Waals surface area contributed by atoms with E-state index in [1.165, 1.54) is 30.9 Å². The number of aromatic nitrogens is 1. The minimum atomic E-state index is 0.698. The highest BCUT2D eigenvalue weighted by Gasteiger charge is 2.44. The maximum atomic E-state index is 4.63. The molecule has 102 valence electrons. The quantitative estimate of drug-likeness (QED) is 0.831. The first-order valence-electron chi connectivity index (χ1n) is 7.28. The van der Waals surface area contributed by atoms with E-state index in [0.29, 0.717) is 6.04 Å². The van der Waals surface area contributed by atoms with Gasteiger partial charge in [0.1, 0.15) is 0 Å². The highest BCUT2D eigenvalue weighted by atomic mass is 15.3. The Bertz CT molecular complexity index is 593. The zero-order valence-electron chi connectivity index (χ0n) is 11.7. The molecule has 2 fully saturated rings. The van der Waals surface area contributed by atoms with Crippen LogP contribution in [0, 0.1) is 5.92 Å². The zero-order chi connectivity index (χ0) is 13.5. The van der Waals surface area contributed by atoms with E-state index in [0.717, 1.165) is 11.6 Å². The molecule has 0 N–H and O–H groups in total. The summed E-state index contributed by atoms with van der Waals surface area (Å²) in [5, 5.41) is 0. The van der Waals surface area contributed by atoms with Crippen LogP contribution in [0.4, 0.5) is 5.69 Å². The van der Waals surface area contributed by atoms with Crippen molar-refractivity contribution in [1.82, 2.24) is 9.88 Å². The van der Waals surface area contributed by atoms with Crippen molar-refractivity contribution in [2.24, 2.45) is 5.92 Å². The molecule has 3 nitrogen and oxygen atoms in total. The second-order valence-electron chi connectivity index (χ2n) is 5.97. The highest BCUT2D eigenvalue weighted by molar-refractivity contribution is 5.62. The van der Waals surface area contributed by atoms with Gasteiger partial charge >= 0.3 is 0 Å². The molecule has 0 aliphatic carbocycles. The van der Waals surface area contributed by atoms with Crippen LogP contribution in [-0.2, 0) is 0 Å². The number of nitrogens with zero attached hydrogens (tertiary/aromatic N) is 3. The van der Waals surface area contributed by atoms with Gasteiger partial charge in [-0.15, -0.1) is 0 Å². The zero-order valence-corrected chi connectivity index (χ0v) is 11.7. The Morgan fingerprint density at radius 3 is 2.55 bits per heavy atom. The van der Waals surface area contributed by atoms with E-state index in [1.54, 1.807) is 0 Å². The molecular weight excluding hydrogens is 246 g/mol. The predicted octanol–water partition coefficient (Wildman–Crippen LogP) is 2.50. The van der Waals surface area contributed by atoms with E-state index in [9.17, 15) is 0 Å². The summed E-state index contributed by atoms with van der Waals surface area (Å²) in [5.41, 5.74) is 3.50. The van der Waals surface area contributed by atoms with Crippen LogP contribution in [0.25, 0.3) is 11.3 Å². The molecule has 3 heteroatoms. The maximum absolute atomic E-state index is 4.63. The van der Waals surface area contributed by atoms with Crippen molar-refractivity contribution in [2.75, 3.05) is 31.6 Å². The Kier molecular flexibility index (Phi) is 2.74. The van der Waals surface area contributed by atoms with Crippen molar-refractivity contribution in [2.45, 2.75) is 6.04 Å². The first kappa shape index (κ1) is 11.9. The Hall–Kier alpha value is -1.87. The van der Waals surface area contributed by atoms with Gasteiger partial charge in [0.15, 0.2) is 0 Å². The molecule has 1 aromatic carbocycles. The van der Waals surface area contributed by atoms with Gasteiger partial charge in [-0.25, -0.2) is 0 Å². The lowest BCUT2D eigenvalue weighted by molar-refractivity contribution is 0.361. The number of rotatable bonds is 2.